The molecule has 0 saturated heterocycles. The Labute approximate surface area is 108 Å². The minimum absolute atomic E-state index is 0.544. The molecule has 1 aliphatic rings. The fraction of sp³-hybridized carbons (Fsp3) is 0.429. The lowest BCUT2D eigenvalue weighted by atomic mass is 10.2. The summed E-state index contributed by atoms with van der Waals surface area (Å²) in [5.74, 6) is 0. The Bertz CT molecular complexity index is 388. The average molecular weight is 252 g/mol. The third kappa shape index (κ3) is 4.50. The molecular formula is C14H18ClNO. The van der Waals surface area contributed by atoms with Crippen molar-refractivity contribution >= 4 is 11.6 Å². The summed E-state index contributed by atoms with van der Waals surface area (Å²) in [4.78, 5) is 0. The van der Waals surface area contributed by atoms with Crippen LogP contribution in [0.25, 0.3) is 0 Å². The number of benzene rings is 1. The molecule has 1 saturated carbocycles. The van der Waals surface area contributed by atoms with Gasteiger partial charge in [0.25, 0.3) is 0 Å². The maximum atomic E-state index is 6.04. The molecular weight excluding hydrogens is 234 g/mol. The van der Waals surface area contributed by atoms with Gasteiger partial charge in [-0.05, 0) is 30.0 Å². The lowest BCUT2D eigenvalue weighted by Crippen LogP contribution is -2.20. The molecule has 1 fully saturated rings. The van der Waals surface area contributed by atoms with Crippen LogP contribution in [0.1, 0.15) is 18.4 Å². The van der Waals surface area contributed by atoms with Gasteiger partial charge in [0, 0.05) is 17.6 Å². The second-order valence-electron chi connectivity index (χ2n) is 4.49. The van der Waals surface area contributed by atoms with E-state index in [-0.39, 0.29) is 0 Å². The standard InChI is InChI=1S/C14H18ClNO/c1-11(8-16-13-6-7-13)9-17-10-12-4-2-3-5-14(12)15/h2-5,13,16H,1,6-10H2. The van der Waals surface area contributed by atoms with E-state index < -0.39 is 0 Å². The zero-order valence-corrected chi connectivity index (χ0v) is 10.7. The number of ether oxygens (including phenoxy) is 1. The number of nitrogens with one attached hydrogen (secondary N) is 1. The Kier molecular flexibility index (Phi) is 4.60. The van der Waals surface area contributed by atoms with Crippen molar-refractivity contribution in [2.24, 2.45) is 0 Å². The Hall–Kier alpha value is -0.830. The third-order valence-electron chi connectivity index (χ3n) is 2.74. The predicted molar refractivity (Wildman–Crippen MR) is 71.3 cm³/mol. The Morgan fingerprint density at radius 3 is 2.88 bits per heavy atom. The Morgan fingerprint density at radius 2 is 2.18 bits per heavy atom. The van der Waals surface area contributed by atoms with Crippen molar-refractivity contribution in [1.29, 1.82) is 0 Å². The molecule has 1 aliphatic carbocycles. The van der Waals surface area contributed by atoms with E-state index in [1.807, 2.05) is 24.3 Å². The second-order valence-corrected chi connectivity index (χ2v) is 4.90. The minimum atomic E-state index is 0.544. The summed E-state index contributed by atoms with van der Waals surface area (Å²) in [6, 6.07) is 8.46. The van der Waals surface area contributed by atoms with Crippen LogP contribution in [0.3, 0.4) is 0 Å². The molecule has 0 bridgehead atoms. The van der Waals surface area contributed by atoms with E-state index in [1.165, 1.54) is 12.8 Å². The van der Waals surface area contributed by atoms with Crippen molar-refractivity contribution in [2.45, 2.75) is 25.5 Å². The van der Waals surface area contributed by atoms with Gasteiger partial charge < -0.3 is 10.1 Å². The lowest BCUT2D eigenvalue weighted by molar-refractivity contribution is 0.141. The van der Waals surface area contributed by atoms with Crippen molar-refractivity contribution in [3.05, 3.63) is 47.0 Å². The van der Waals surface area contributed by atoms with E-state index in [0.29, 0.717) is 13.2 Å². The van der Waals surface area contributed by atoms with Gasteiger partial charge in [0.05, 0.1) is 13.2 Å². The Morgan fingerprint density at radius 1 is 1.41 bits per heavy atom. The summed E-state index contributed by atoms with van der Waals surface area (Å²) in [5, 5.41) is 4.17. The minimum Gasteiger partial charge on any atom is -0.372 e. The molecule has 2 rings (SSSR count). The van der Waals surface area contributed by atoms with Crippen molar-refractivity contribution in [2.75, 3.05) is 13.2 Å². The van der Waals surface area contributed by atoms with E-state index in [2.05, 4.69) is 11.9 Å². The highest BCUT2D eigenvalue weighted by Crippen LogP contribution is 2.19. The fourth-order valence-electron chi connectivity index (χ4n) is 1.55. The van der Waals surface area contributed by atoms with Gasteiger partial charge in [-0.15, -0.1) is 0 Å². The molecule has 1 N–H and O–H groups in total. The van der Waals surface area contributed by atoms with Crippen molar-refractivity contribution in [3.8, 4) is 0 Å². The first-order valence-electron chi connectivity index (χ1n) is 5.97. The normalized spacial score (nSPS) is 14.9. The number of hydrogen-bond acceptors (Lipinski definition) is 2. The number of rotatable bonds is 7. The quantitative estimate of drug-likeness (QED) is 0.752. The molecule has 17 heavy (non-hydrogen) atoms. The van der Waals surface area contributed by atoms with Crippen LogP contribution in [0.2, 0.25) is 5.02 Å². The maximum Gasteiger partial charge on any atom is 0.0735 e. The molecule has 0 radical (unpaired) electrons. The SMILES string of the molecule is C=C(CNC1CC1)COCc1ccccc1Cl. The van der Waals surface area contributed by atoms with E-state index in [4.69, 9.17) is 16.3 Å². The number of halogens is 1. The van der Waals surface area contributed by atoms with Crippen LogP contribution in [-0.4, -0.2) is 19.2 Å². The summed E-state index contributed by atoms with van der Waals surface area (Å²) < 4.78 is 5.59. The Balaban J connectivity index is 1.64. The molecule has 0 heterocycles. The summed E-state index contributed by atoms with van der Waals surface area (Å²) in [6.45, 7) is 5.97. The van der Waals surface area contributed by atoms with Crippen LogP contribution >= 0.6 is 11.6 Å². The van der Waals surface area contributed by atoms with E-state index in [1.54, 1.807) is 0 Å². The van der Waals surface area contributed by atoms with Crippen molar-refractivity contribution in [1.82, 2.24) is 5.32 Å². The monoisotopic (exact) mass is 251 g/mol. The van der Waals surface area contributed by atoms with Crippen LogP contribution in [0.15, 0.2) is 36.4 Å². The van der Waals surface area contributed by atoms with Gasteiger partial charge in [-0.2, -0.15) is 0 Å². The largest absolute Gasteiger partial charge is 0.372 e. The van der Waals surface area contributed by atoms with E-state index in [9.17, 15) is 0 Å². The van der Waals surface area contributed by atoms with Crippen LogP contribution < -0.4 is 5.32 Å². The highest BCUT2D eigenvalue weighted by molar-refractivity contribution is 6.31. The average Bonchev–Trinajstić information content (AvgIpc) is 3.13. The summed E-state index contributed by atoms with van der Waals surface area (Å²) in [5.41, 5.74) is 2.11. The van der Waals surface area contributed by atoms with E-state index >= 15 is 0 Å². The molecule has 92 valence electrons. The lowest BCUT2D eigenvalue weighted by Gasteiger charge is -2.09. The zero-order chi connectivity index (χ0) is 12.1. The van der Waals surface area contributed by atoms with Gasteiger partial charge in [-0.1, -0.05) is 36.4 Å². The van der Waals surface area contributed by atoms with Gasteiger partial charge >= 0.3 is 0 Å². The first-order valence-corrected chi connectivity index (χ1v) is 6.34. The van der Waals surface area contributed by atoms with Gasteiger partial charge in [-0.25, -0.2) is 0 Å². The first kappa shape index (κ1) is 12.6. The highest BCUT2D eigenvalue weighted by Gasteiger charge is 2.19. The van der Waals surface area contributed by atoms with Crippen LogP contribution in [0.5, 0.6) is 0 Å². The van der Waals surface area contributed by atoms with Crippen LogP contribution in [-0.2, 0) is 11.3 Å². The molecule has 0 amide bonds. The summed E-state index contributed by atoms with van der Waals surface area (Å²) in [6.07, 6.45) is 2.60. The van der Waals surface area contributed by atoms with Crippen molar-refractivity contribution in [3.63, 3.8) is 0 Å². The third-order valence-corrected chi connectivity index (χ3v) is 3.11. The fourth-order valence-corrected chi connectivity index (χ4v) is 1.74. The van der Waals surface area contributed by atoms with Crippen LogP contribution in [0.4, 0.5) is 0 Å². The smallest absolute Gasteiger partial charge is 0.0735 e. The summed E-state index contributed by atoms with van der Waals surface area (Å²) >= 11 is 6.04. The molecule has 1 aromatic rings. The molecule has 3 heteroatoms. The maximum absolute atomic E-state index is 6.04. The molecule has 0 spiro atoms. The summed E-state index contributed by atoms with van der Waals surface area (Å²) in [7, 11) is 0. The molecule has 0 aromatic heterocycles. The molecule has 0 atom stereocenters. The molecule has 0 aliphatic heterocycles. The number of hydrogen-bond donors (Lipinski definition) is 1. The van der Waals surface area contributed by atoms with Gasteiger partial charge in [-0.3, -0.25) is 0 Å². The predicted octanol–water partition coefficient (Wildman–Crippen LogP) is 3.16. The van der Waals surface area contributed by atoms with Gasteiger partial charge in [0.1, 0.15) is 0 Å². The molecule has 1 aromatic carbocycles. The topological polar surface area (TPSA) is 21.3 Å². The highest BCUT2D eigenvalue weighted by atomic mass is 35.5. The van der Waals surface area contributed by atoms with Gasteiger partial charge in [0.15, 0.2) is 0 Å². The van der Waals surface area contributed by atoms with E-state index in [0.717, 1.165) is 28.7 Å². The molecule has 0 unspecified atom stereocenters. The van der Waals surface area contributed by atoms with Crippen LogP contribution in [0, 0.1) is 0 Å². The second kappa shape index (κ2) is 6.20. The van der Waals surface area contributed by atoms with Gasteiger partial charge in [0.2, 0.25) is 0 Å². The first-order chi connectivity index (χ1) is 8.25. The molecule has 2 nitrogen and oxygen atoms in total. The van der Waals surface area contributed by atoms with Crippen molar-refractivity contribution < 1.29 is 4.74 Å². The zero-order valence-electron chi connectivity index (χ0n) is 9.92.